The summed E-state index contributed by atoms with van der Waals surface area (Å²) >= 11 is 9.20. The maximum Gasteiger partial charge on any atom is 0.175 e. The average molecular weight is 374 g/mol. The molecule has 0 saturated carbocycles. The zero-order valence-corrected chi connectivity index (χ0v) is 14.5. The number of rotatable bonds is 2. The molecule has 1 aromatic carbocycles. The zero-order chi connectivity index (χ0) is 15.2. The summed E-state index contributed by atoms with van der Waals surface area (Å²) in [4.78, 5) is 7.01. The number of thiocarbonyl (C=S) groups is 1. The molecule has 2 aliphatic heterocycles. The van der Waals surface area contributed by atoms with Crippen molar-refractivity contribution in [1.82, 2.24) is 10.2 Å². The average Bonchev–Trinajstić information content (AvgIpc) is 3.15. The molecule has 3 nitrogen and oxygen atoms in total. The minimum Gasteiger partial charge on any atom is -0.342 e. The zero-order valence-electron chi connectivity index (χ0n) is 12.1. The fourth-order valence-corrected chi connectivity index (χ4v) is 4.16. The van der Waals surface area contributed by atoms with Gasteiger partial charge in [-0.25, -0.2) is 0 Å². The number of allylic oxidation sites excluding steroid dienone is 2. The van der Waals surface area contributed by atoms with Crippen molar-refractivity contribution < 1.29 is 0 Å². The Morgan fingerprint density at radius 3 is 3.05 bits per heavy atom. The van der Waals surface area contributed by atoms with E-state index < -0.39 is 5.54 Å². The molecule has 3 aliphatic rings. The molecule has 1 aromatic rings. The first-order valence-corrected chi connectivity index (χ1v) is 8.70. The molecule has 5 heteroatoms. The third-order valence-corrected chi connectivity index (χ3v) is 5.21. The molecule has 1 N–H and O–H groups in total. The Hall–Kier alpha value is -1.46. The maximum atomic E-state index is 5.61. The molecule has 22 heavy (non-hydrogen) atoms. The molecular weight excluding hydrogens is 358 g/mol. The summed E-state index contributed by atoms with van der Waals surface area (Å²) in [5.74, 6) is 1.04. The van der Waals surface area contributed by atoms with Crippen LogP contribution in [0.15, 0.2) is 57.5 Å². The lowest BCUT2D eigenvalue weighted by atomic mass is 9.82. The quantitative estimate of drug-likeness (QED) is 0.803. The van der Waals surface area contributed by atoms with Gasteiger partial charge < -0.3 is 10.2 Å². The van der Waals surface area contributed by atoms with Crippen molar-refractivity contribution >= 4 is 39.1 Å². The van der Waals surface area contributed by atoms with Gasteiger partial charge in [-0.15, -0.1) is 0 Å². The van der Waals surface area contributed by atoms with Crippen LogP contribution in [-0.2, 0) is 5.54 Å². The Labute approximate surface area is 143 Å². The highest BCUT2D eigenvalue weighted by Gasteiger charge is 2.51. The van der Waals surface area contributed by atoms with Gasteiger partial charge in [0, 0.05) is 17.6 Å². The van der Waals surface area contributed by atoms with E-state index in [0.717, 1.165) is 41.4 Å². The Kier molecular flexibility index (Phi) is 3.42. The first-order valence-electron chi connectivity index (χ1n) is 7.49. The van der Waals surface area contributed by atoms with E-state index >= 15 is 0 Å². The Morgan fingerprint density at radius 1 is 1.36 bits per heavy atom. The van der Waals surface area contributed by atoms with Gasteiger partial charge >= 0.3 is 0 Å². The van der Waals surface area contributed by atoms with Gasteiger partial charge in [0.05, 0.1) is 0 Å². The molecular formula is C17H16BrN3S. The molecule has 0 bridgehead atoms. The van der Waals surface area contributed by atoms with E-state index in [2.05, 4.69) is 62.6 Å². The first-order chi connectivity index (χ1) is 10.7. The molecule has 0 radical (unpaired) electrons. The molecule has 1 aliphatic carbocycles. The van der Waals surface area contributed by atoms with Gasteiger partial charge in [-0.1, -0.05) is 46.3 Å². The smallest absolute Gasteiger partial charge is 0.175 e. The number of hydrogen-bond donors (Lipinski definition) is 1. The van der Waals surface area contributed by atoms with Crippen LogP contribution in [0.4, 0.5) is 0 Å². The largest absolute Gasteiger partial charge is 0.342 e. The Bertz CT molecular complexity index is 737. The normalized spacial score (nSPS) is 26.6. The molecule has 0 spiro atoms. The number of nitrogens with one attached hydrogen (secondary N) is 1. The first kappa shape index (κ1) is 14.2. The van der Waals surface area contributed by atoms with E-state index in [0.29, 0.717) is 0 Å². The van der Waals surface area contributed by atoms with E-state index in [4.69, 9.17) is 17.2 Å². The summed E-state index contributed by atoms with van der Waals surface area (Å²) in [7, 11) is 0. The number of nitrogens with zero attached hydrogens (tertiary/aromatic N) is 2. The number of hydrogen-bond acceptors (Lipinski definition) is 2. The summed E-state index contributed by atoms with van der Waals surface area (Å²) in [6, 6.07) is 8.41. The summed E-state index contributed by atoms with van der Waals surface area (Å²) in [5, 5.41) is 4.36. The van der Waals surface area contributed by atoms with E-state index in [9.17, 15) is 0 Å². The van der Waals surface area contributed by atoms with Crippen molar-refractivity contribution in [3.05, 3.63) is 58.1 Å². The van der Waals surface area contributed by atoms with Gasteiger partial charge in [0.25, 0.3) is 0 Å². The van der Waals surface area contributed by atoms with Crippen molar-refractivity contribution in [2.45, 2.75) is 18.4 Å². The second kappa shape index (κ2) is 5.32. The third kappa shape index (κ3) is 1.99. The minimum atomic E-state index is -0.450. The predicted molar refractivity (Wildman–Crippen MR) is 97.0 cm³/mol. The molecule has 1 unspecified atom stereocenters. The highest BCUT2D eigenvalue weighted by atomic mass is 79.9. The molecule has 112 valence electrons. The highest BCUT2D eigenvalue weighted by molar-refractivity contribution is 9.10. The topological polar surface area (TPSA) is 27.6 Å². The van der Waals surface area contributed by atoms with Crippen molar-refractivity contribution in [1.29, 1.82) is 0 Å². The molecule has 0 amide bonds. The standard InChI is InChI=1S/C17H16BrN3S/c18-14-8-3-7-13(11-14)17(12-5-1-2-6-12)15-19-9-4-10-21(15)16(22)20-17/h1,3,5-8,11H,2,4,9-10H2,(H,20,22). The number of fused-ring (bicyclic) bond motifs is 1. The number of amidine groups is 1. The van der Waals surface area contributed by atoms with Crippen molar-refractivity contribution in [2.75, 3.05) is 13.1 Å². The van der Waals surface area contributed by atoms with E-state index in [-0.39, 0.29) is 0 Å². The van der Waals surface area contributed by atoms with E-state index in [1.807, 2.05) is 6.07 Å². The molecule has 1 fully saturated rings. The van der Waals surface area contributed by atoms with Crippen molar-refractivity contribution in [3.63, 3.8) is 0 Å². The van der Waals surface area contributed by atoms with Crippen LogP contribution >= 0.6 is 28.1 Å². The molecule has 1 atom stereocenters. The van der Waals surface area contributed by atoms with Gasteiger partial charge in [0.2, 0.25) is 0 Å². The fourth-order valence-electron chi connectivity index (χ4n) is 3.43. The monoisotopic (exact) mass is 373 g/mol. The lowest BCUT2D eigenvalue weighted by Crippen LogP contribution is -2.46. The minimum absolute atomic E-state index is 0.450. The Morgan fingerprint density at radius 2 is 2.27 bits per heavy atom. The van der Waals surface area contributed by atoms with Crippen LogP contribution in [0.1, 0.15) is 18.4 Å². The van der Waals surface area contributed by atoms with Crippen molar-refractivity contribution in [2.24, 2.45) is 4.99 Å². The van der Waals surface area contributed by atoms with Crippen LogP contribution in [0.3, 0.4) is 0 Å². The molecule has 0 aromatic heterocycles. The van der Waals surface area contributed by atoms with Crippen LogP contribution in [0.25, 0.3) is 0 Å². The summed E-state index contributed by atoms with van der Waals surface area (Å²) < 4.78 is 1.06. The van der Waals surface area contributed by atoms with Crippen molar-refractivity contribution in [3.8, 4) is 0 Å². The van der Waals surface area contributed by atoms with Gasteiger partial charge in [-0.3, -0.25) is 4.99 Å². The van der Waals surface area contributed by atoms with Gasteiger partial charge in [0.15, 0.2) is 5.11 Å². The SMILES string of the molecule is S=C1NC(C2=CCC=C2)(c2cccc(Br)c2)C2=NCCCN12. The number of aliphatic imine (C=N–C) groups is 1. The van der Waals surface area contributed by atoms with Crippen LogP contribution in [0.5, 0.6) is 0 Å². The molecule has 2 heterocycles. The lowest BCUT2D eigenvalue weighted by Gasteiger charge is -2.33. The van der Waals surface area contributed by atoms with Crippen LogP contribution in [0.2, 0.25) is 0 Å². The lowest BCUT2D eigenvalue weighted by molar-refractivity contribution is 0.544. The maximum absolute atomic E-state index is 5.61. The molecule has 1 saturated heterocycles. The van der Waals surface area contributed by atoms with Gasteiger partial charge in [0.1, 0.15) is 11.4 Å². The Balaban J connectivity index is 1.96. The van der Waals surface area contributed by atoms with E-state index in [1.54, 1.807) is 0 Å². The summed E-state index contributed by atoms with van der Waals surface area (Å²) in [5.41, 5.74) is 1.95. The van der Waals surface area contributed by atoms with Crippen LogP contribution in [-0.4, -0.2) is 28.9 Å². The number of benzene rings is 1. The fraction of sp³-hybridized carbons (Fsp3) is 0.294. The van der Waals surface area contributed by atoms with Gasteiger partial charge in [-0.2, -0.15) is 0 Å². The van der Waals surface area contributed by atoms with Crippen LogP contribution in [0, 0.1) is 0 Å². The van der Waals surface area contributed by atoms with E-state index in [1.165, 1.54) is 11.1 Å². The third-order valence-electron chi connectivity index (χ3n) is 4.39. The van der Waals surface area contributed by atoms with Gasteiger partial charge in [-0.05, 0) is 48.3 Å². The molecule has 4 rings (SSSR count). The second-order valence-corrected chi connectivity index (χ2v) is 7.00. The predicted octanol–water partition coefficient (Wildman–Crippen LogP) is 3.52. The van der Waals surface area contributed by atoms with Crippen LogP contribution < -0.4 is 5.32 Å². The highest BCUT2D eigenvalue weighted by Crippen LogP contribution is 2.41. The summed E-state index contributed by atoms with van der Waals surface area (Å²) in [6.45, 7) is 1.81. The summed E-state index contributed by atoms with van der Waals surface area (Å²) in [6.07, 6.45) is 8.65. The second-order valence-electron chi connectivity index (χ2n) is 5.70. The number of halogens is 1.